The van der Waals surface area contributed by atoms with E-state index in [4.69, 9.17) is 23.9 Å². The van der Waals surface area contributed by atoms with Crippen molar-refractivity contribution in [2.75, 3.05) is 9.80 Å². The van der Waals surface area contributed by atoms with Crippen LogP contribution in [0.15, 0.2) is 193 Å². The number of para-hydroxylation sites is 2. The monoisotopic (exact) mass is 881 g/mol. The van der Waals surface area contributed by atoms with Crippen molar-refractivity contribution < 1.29 is 45.9 Å². The summed E-state index contributed by atoms with van der Waals surface area (Å²) in [5.74, 6) is 1.93. The molecular formula is C62H51BN2O. The second kappa shape index (κ2) is 14.1. The maximum atomic E-state index is 10.6. The Labute approximate surface area is 431 Å². The second-order valence-electron chi connectivity index (χ2n) is 18.7. The van der Waals surface area contributed by atoms with Crippen molar-refractivity contribution in [1.29, 1.82) is 0 Å². The van der Waals surface area contributed by atoms with Gasteiger partial charge in [-0.15, -0.1) is 0 Å². The molecule has 8 bridgehead atoms. The number of fused-ring (bicyclic) bond motifs is 4. The van der Waals surface area contributed by atoms with Gasteiger partial charge in [0.05, 0.1) is 41.1 Å². The van der Waals surface area contributed by atoms with Crippen molar-refractivity contribution >= 4 is 57.2 Å². The van der Waals surface area contributed by atoms with Crippen LogP contribution in [0.25, 0.3) is 22.3 Å². The van der Waals surface area contributed by atoms with E-state index >= 15 is 0 Å². The van der Waals surface area contributed by atoms with Crippen LogP contribution in [0.3, 0.4) is 0 Å². The fraction of sp³-hybridized carbons (Fsp3) is 0.226. The van der Waals surface area contributed by atoms with E-state index in [0.29, 0.717) is 53.4 Å². The summed E-state index contributed by atoms with van der Waals surface area (Å²) in [7, 11) is 0. The summed E-state index contributed by atoms with van der Waals surface area (Å²) < 4.78 is 285. The van der Waals surface area contributed by atoms with Gasteiger partial charge in [0.2, 0.25) is 0 Å². The summed E-state index contributed by atoms with van der Waals surface area (Å²) in [6.45, 7) is -1.81. The first-order valence-electron chi connectivity index (χ1n) is 37.3. The first-order chi connectivity index (χ1) is 45.1. The van der Waals surface area contributed by atoms with Crippen molar-refractivity contribution in [3.05, 3.63) is 199 Å². The number of anilines is 6. The third kappa shape index (κ3) is 5.45. The van der Waals surface area contributed by atoms with Gasteiger partial charge in [-0.1, -0.05) is 127 Å². The van der Waals surface area contributed by atoms with Crippen molar-refractivity contribution in [2.45, 2.75) is 43.9 Å². The largest absolute Gasteiger partial charge is 0.458 e. The molecule has 0 radical (unpaired) electrons. The normalized spacial score (nSPS) is 32.8. The van der Waals surface area contributed by atoms with Gasteiger partial charge in [0, 0.05) is 40.2 Å². The summed E-state index contributed by atoms with van der Waals surface area (Å²) in [5.41, 5.74) is -8.35. The van der Waals surface area contributed by atoms with E-state index in [-0.39, 0.29) is 34.7 Å². The van der Waals surface area contributed by atoms with Gasteiger partial charge < -0.3 is 14.5 Å². The zero-order valence-electron chi connectivity index (χ0n) is 64.8. The third-order valence-electron chi connectivity index (χ3n) is 15.9. The highest BCUT2D eigenvalue weighted by Crippen LogP contribution is 2.74. The first-order valence-corrected chi connectivity index (χ1v) is 22.3. The van der Waals surface area contributed by atoms with Crippen LogP contribution in [0, 0.1) is 41.4 Å². The van der Waals surface area contributed by atoms with Crippen molar-refractivity contribution in [1.82, 2.24) is 0 Å². The van der Waals surface area contributed by atoms with E-state index < -0.39 is 261 Å². The minimum atomic E-state index is -1.81. The van der Waals surface area contributed by atoms with Gasteiger partial charge in [-0.25, -0.2) is 0 Å². The smallest absolute Gasteiger partial charge is 0.256 e. The van der Waals surface area contributed by atoms with Crippen molar-refractivity contribution in [2.24, 2.45) is 41.4 Å². The lowest BCUT2D eigenvalue weighted by Crippen LogP contribution is -2.66. The SMILES string of the molecule is [2H]c1c([2H])c([2H])c(-c2c([2H])c([2H])c([2H])c(N3c4cc(C56CC7C8CC9CC7C(C5)C(C9)C8C6)cc5c4B(c4c([2H])c([2H])c(N(c6c([2H])c([2H])c([2H])c([2H])c6[2H])c6c([2H])c([2H])c([2H])c([2H])c6[2H])c([2H])c4O5)c4c([2H])c([2H])c(-c5c([2H])c([2H])c([2H])c([2H])c5[2H])c([2H])c43)c2[2H])c([2H])c1[2H]. The Morgan fingerprint density at radius 1 is 0.485 bits per heavy atom. The Bertz CT molecular complexity index is 4750. The molecular weight excluding hydrogens is 800 g/mol. The zero-order valence-corrected chi connectivity index (χ0v) is 34.8. The van der Waals surface area contributed by atoms with Crippen LogP contribution < -0.4 is 30.9 Å². The predicted octanol–water partition coefficient (Wildman–Crippen LogP) is 13.9. The topological polar surface area (TPSA) is 15.7 Å². The molecule has 0 aromatic heterocycles. The molecule has 17 rings (SSSR count). The molecule has 8 aromatic rings. The minimum absolute atomic E-state index is 0.0807. The zero-order chi connectivity index (χ0) is 69.2. The Morgan fingerprint density at radius 3 is 1.67 bits per heavy atom. The molecule has 318 valence electrons. The summed E-state index contributed by atoms with van der Waals surface area (Å²) in [4.78, 5) is 1.66. The van der Waals surface area contributed by atoms with E-state index in [1.54, 1.807) is 12.1 Å². The highest BCUT2D eigenvalue weighted by Gasteiger charge is 2.67. The molecule has 9 aliphatic rings. The van der Waals surface area contributed by atoms with E-state index in [1.165, 1.54) is 0 Å². The van der Waals surface area contributed by atoms with Gasteiger partial charge in [0.15, 0.2) is 0 Å². The number of rotatable bonds is 7. The summed E-state index contributed by atoms with van der Waals surface area (Å²) in [5, 5.41) is 0. The molecule has 0 N–H and O–H groups in total. The summed E-state index contributed by atoms with van der Waals surface area (Å²) in [6, 6.07) is -24.8. The van der Waals surface area contributed by atoms with Crippen LogP contribution in [0.2, 0.25) is 0 Å². The number of benzene rings is 8. The van der Waals surface area contributed by atoms with Crippen LogP contribution >= 0.6 is 0 Å². The predicted molar refractivity (Wildman–Crippen MR) is 272 cm³/mol. The molecule has 0 unspecified atom stereocenters. The van der Waals surface area contributed by atoms with Gasteiger partial charge >= 0.3 is 0 Å². The summed E-state index contributed by atoms with van der Waals surface area (Å²) in [6.07, 6.45) is 5.22. The maximum absolute atomic E-state index is 10.6. The van der Waals surface area contributed by atoms with E-state index in [2.05, 4.69) is 0 Å². The average molecular weight is 881 g/mol. The Kier molecular flexibility index (Phi) is 4.03. The molecule has 66 heavy (non-hydrogen) atoms. The number of hydrogen-bond donors (Lipinski definition) is 0. The highest BCUT2D eigenvalue weighted by molar-refractivity contribution is 6.99. The van der Waals surface area contributed by atoms with E-state index in [0.717, 1.165) is 24.2 Å². The van der Waals surface area contributed by atoms with Gasteiger partial charge in [-0.2, -0.15) is 0 Å². The Morgan fingerprint density at radius 2 is 1.05 bits per heavy atom. The summed E-state index contributed by atoms with van der Waals surface area (Å²) >= 11 is 0. The number of ether oxygens (including phenoxy) is 1. The molecule has 0 amide bonds. The standard InChI is InChI=1S/C62H51BN2O/c1-5-14-40(15-6-1)42-18-13-23-47(31-42)65-57-32-43(41-16-7-2-8-17-41)24-26-55(57)63-56-27-25-48(64(45-19-9-3-10-20-45)46-21-11-4-12-22-46)35-59(56)66-60-34-44(33-58(65)61(60)63)62-36-52-49-28-39-29-50(52)54(38-62)51(30-39)53(49)37-62/h1-27,31-35,39,49-54H,28-30,36-38H2/i1D,2D,3D,4D,5D,6D,7D,8D,9D,10D,11D,12D,13D,14D,15D,16D,17D,18D,19D,20D,21D,22D,23D,24D,25D,26D,27D,31D,32D,35D. The third-order valence-corrected chi connectivity index (χ3v) is 15.9. The maximum Gasteiger partial charge on any atom is 0.256 e. The molecule has 2 aliphatic heterocycles. The lowest BCUT2D eigenvalue weighted by atomic mass is 9.32. The molecule has 0 saturated heterocycles. The number of nitrogens with zero attached hydrogens (tertiary/aromatic N) is 2. The van der Waals surface area contributed by atoms with E-state index in [9.17, 15) is 21.9 Å². The van der Waals surface area contributed by atoms with Gasteiger partial charge in [0.25, 0.3) is 6.71 Å². The molecule has 0 atom stereocenters. The first kappa shape index (κ1) is 18.8. The molecule has 4 heteroatoms. The molecule has 7 fully saturated rings. The quantitative estimate of drug-likeness (QED) is 0.148. The van der Waals surface area contributed by atoms with E-state index in [1.807, 2.05) is 0 Å². The second-order valence-corrected chi connectivity index (χ2v) is 18.7. The molecule has 2 heterocycles. The van der Waals surface area contributed by atoms with Gasteiger partial charge in [0.1, 0.15) is 11.5 Å². The fourth-order valence-electron chi connectivity index (χ4n) is 13.7. The minimum Gasteiger partial charge on any atom is -0.458 e. The molecule has 0 spiro atoms. The van der Waals surface area contributed by atoms with Crippen molar-refractivity contribution in [3.63, 3.8) is 0 Å². The van der Waals surface area contributed by atoms with Crippen LogP contribution in [0.4, 0.5) is 34.1 Å². The molecule has 8 aromatic carbocycles. The number of hydrogen-bond acceptors (Lipinski definition) is 3. The lowest BCUT2D eigenvalue weighted by molar-refractivity contribution is -0.212. The van der Waals surface area contributed by atoms with Gasteiger partial charge in [-0.3, -0.25) is 0 Å². The van der Waals surface area contributed by atoms with Crippen molar-refractivity contribution in [3.8, 4) is 33.8 Å². The molecule has 7 aliphatic carbocycles. The van der Waals surface area contributed by atoms with Crippen LogP contribution in [0.1, 0.15) is 85.2 Å². The van der Waals surface area contributed by atoms with Crippen LogP contribution in [0.5, 0.6) is 11.5 Å². The van der Waals surface area contributed by atoms with Crippen LogP contribution in [-0.2, 0) is 5.41 Å². The molecule has 3 nitrogen and oxygen atoms in total. The Balaban J connectivity index is 1.11. The lowest BCUT2D eigenvalue weighted by Gasteiger charge is -2.72. The highest BCUT2D eigenvalue weighted by atomic mass is 16.5. The fourth-order valence-corrected chi connectivity index (χ4v) is 13.7. The Hall–Kier alpha value is -6.78. The molecule has 7 saturated carbocycles. The van der Waals surface area contributed by atoms with Crippen LogP contribution in [-0.4, -0.2) is 6.71 Å². The van der Waals surface area contributed by atoms with Gasteiger partial charge in [-0.05, 0) is 190 Å². The average Bonchev–Trinajstić information content (AvgIpc) is 0.679.